The summed E-state index contributed by atoms with van der Waals surface area (Å²) in [5.74, 6) is 0.866. The lowest BCUT2D eigenvalue weighted by molar-refractivity contribution is -0.223. The highest BCUT2D eigenvalue weighted by molar-refractivity contribution is 8.00. The predicted octanol–water partition coefficient (Wildman–Crippen LogP) is 7.60. The van der Waals surface area contributed by atoms with Crippen LogP contribution in [0.4, 0.5) is 0 Å². The highest BCUT2D eigenvalue weighted by Crippen LogP contribution is 2.62. The predicted molar refractivity (Wildman–Crippen MR) is 198 cm³/mol. The SMILES string of the molecule is C=CCOC12Oc3ccc(O)cc3C3C(CCCCO)C(CCCCO)C=C(C(=NOCc4ccccc4)CC1SCCc1ccncc1)C32. The molecular weight excluding hydrogens is 649 g/mol. The molecule has 0 amide bonds. The minimum absolute atomic E-state index is 0.0450. The number of hydrogen-bond donors (Lipinski definition) is 3. The van der Waals surface area contributed by atoms with E-state index >= 15 is 0 Å². The summed E-state index contributed by atoms with van der Waals surface area (Å²) in [4.78, 5) is 10.3. The standard InChI is InChI=1S/C41H50N2O6S/c1-2-23-47-41-38(50-24-18-29-16-19-42-20-17-29)27-36(43-48-28-30-10-4-3-5-11-30)34-25-31(12-6-8-21-44)33(13-7-9-22-45)39(40(34)41)35-26-32(46)14-15-37(35)49-41/h2-5,10-11,14-17,19-20,25-26,31,33,38-40,44-46H,1,6-9,12-13,18,21-24,27-28H2. The van der Waals surface area contributed by atoms with Gasteiger partial charge in [0.05, 0.1) is 23.5 Å². The lowest BCUT2D eigenvalue weighted by Crippen LogP contribution is -2.64. The van der Waals surface area contributed by atoms with Crippen LogP contribution >= 0.6 is 11.8 Å². The van der Waals surface area contributed by atoms with Gasteiger partial charge < -0.3 is 29.6 Å². The molecule has 2 aliphatic carbocycles. The number of nitrogens with zero attached hydrogens (tertiary/aromatic N) is 2. The number of aromatic nitrogens is 1. The van der Waals surface area contributed by atoms with E-state index in [0.717, 1.165) is 78.9 Å². The van der Waals surface area contributed by atoms with Crippen LogP contribution in [0.25, 0.3) is 0 Å². The molecule has 0 bridgehead atoms. The van der Waals surface area contributed by atoms with Gasteiger partial charge in [0.1, 0.15) is 18.1 Å². The van der Waals surface area contributed by atoms with E-state index in [1.807, 2.05) is 66.6 Å². The molecular formula is C41H50N2O6S. The lowest BCUT2D eigenvalue weighted by Gasteiger charge is -2.58. The number of rotatable bonds is 18. The summed E-state index contributed by atoms with van der Waals surface area (Å²) in [6, 6.07) is 19.6. The molecule has 1 aromatic heterocycles. The Morgan fingerprint density at radius 1 is 0.980 bits per heavy atom. The third-order valence-corrected chi connectivity index (χ3v) is 11.7. The number of fused-ring (bicyclic) bond motifs is 2. The maximum Gasteiger partial charge on any atom is 0.230 e. The molecule has 0 saturated heterocycles. The normalized spacial score (nSPS) is 26.0. The van der Waals surface area contributed by atoms with Crippen molar-refractivity contribution in [3.05, 3.63) is 114 Å². The number of unbranched alkanes of at least 4 members (excludes halogenated alkanes) is 2. The number of hydrogen-bond acceptors (Lipinski definition) is 9. The van der Waals surface area contributed by atoms with Crippen molar-refractivity contribution in [2.75, 3.05) is 25.6 Å². The van der Waals surface area contributed by atoms with Crippen LogP contribution in [0.15, 0.2) is 103 Å². The van der Waals surface area contributed by atoms with Gasteiger partial charge in [0.2, 0.25) is 5.79 Å². The summed E-state index contributed by atoms with van der Waals surface area (Å²) < 4.78 is 14.1. The van der Waals surface area contributed by atoms with Gasteiger partial charge in [-0.3, -0.25) is 4.98 Å². The zero-order valence-corrected chi connectivity index (χ0v) is 29.6. The molecule has 1 saturated carbocycles. The van der Waals surface area contributed by atoms with Crippen LogP contribution in [-0.4, -0.2) is 62.6 Å². The average molecular weight is 699 g/mol. The fraction of sp³-hybridized carbons (Fsp3) is 0.463. The summed E-state index contributed by atoms with van der Waals surface area (Å²) in [7, 11) is 0. The Balaban J connectivity index is 1.47. The first-order valence-corrected chi connectivity index (χ1v) is 19.1. The Morgan fingerprint density at radius 2 is 1.76 bits per heavy atom. The van der Waals surface area contributed by atoms with Crippen LogP contribution in [0.1, 0.15) is 67.6 Å². The van der Waals surface area contributed by atoms with Crippen molar-refractivity contribution in [1.82, 2.24) is 4.98 Å². The Hall–Kier alpha value is -3.63. The highest BCUT2D eigenvalue weighted by atomic mass is 32.2. The maximum atomic E-state index is 10.9. The van der Waals surface area contributed by atoms with Gasteiger partial charge in [-0.2, -0.15) is 11.8 Å². The molecule has 0 radical (unpaired) electrons. The molecule has 6 unspecified atom stereocenters. The highest BCUT2D eigenvalue weighted by Gasteiger charge is 2.63. The monoisotopic (exact) mass is 698 g/mol. The van der Waals surface area contributed by atoms with Gasteiger partial charge >= 0.3 is 0 Å². The topological polar surface area (TPSA) is 114 Å². The van der Waals surface area contributed by atoms with Crippen molar-refractivity contribution in [2.24, 2.45) is 22.9 Å². The molecule has 1 aliphatic heterocycles. The minimum Gasteiger partial charge on any atom is -0.508 e. The van der Waals surface area contributed by atoms with Gasteiger partial charge in [-0.1, -0.05) is 60.5 Å². The van der Waals surface area contributed by atoms with Gasteiger partial charge in [0, 0.05) is 43.5 Å². The molecule has 9 heteroatoms. The number of ether oxygens (including phenoxy) is 2. The van der Waals surface area contributed by atoms with Crippen molar-refractivity contribution in [2.45, 2.75) is 74.9 Å². The quantitative estimate of drug-likeness (QED) is 0.0708. The number of oxime groups is 1. The number of thioether (sulfide) groups is 1. The van der Waals surface area contributed by atoms with Crippen LogP contribution in [0, 0.1) is 17.8 Å². The average Bonchev–Trinajstić information content (AvgIpc) is 3.14. The van der Waals surface area contributed by atoms with E-state index in [9.17, 15) is 15.3 Å². The van der Waals surface area contributed by atoms with Crippen LogP contribution in [0.3, 0.4) is 0 Å². The Kier molecular flexibility index (Phi) is 12.7. The van der Waals surface area contributed by atoms with Gasteiger partial charge in [-0.05, 0) is 96.7 Å². The summed E-state index contributed by atoms with van der Waals surface area (Å²) in [5.41, 5.74) is 5.24. The number of aromatic hydroxyl groups is 1. The molecule has 266 valence electrons. The maximum absolute atomic E-state index is 10.9. The van der Waals surface area contributed by atoms with Crippen LogP contribution in [0.2, 0.25) is 0 Å². The second kappa shape index (κ2) is 17.5. The molecule has 1 fully saturated rings. The first-order chi connectivity index (χ1) is 24.6. The molecule has 0 spiro atoms. The minimum atomic E-state index is -1.03. The second-order valence-electron chi connectivity index (χ2n) is 13.5. The van der Waals surface area contributed by atoms with E-state index in [-0.39, 0.29) is 47.9 Å². The summed E-state index contributed by atoms with van der Waals surface area (Å²) in [6.07, 6.45) is 14.4. The Morgan fingerprint density at radius 3 is 2.52 bits per heavy atom. The van der Waals surface area contributed by atoms with E-state index in [1.165, 1.54) is 5.56 Å². The van der Waals surface area contributed by atoms with Crippen LogP contribution in [-0.2, 0) is 22.6 Å². The Bertz CT molecular complexity index is 1600. The fourth-order valence-corrected chi connectivity index (χ4v) is 9.52. The van der Waals surface area contributed by atoms with Gasteiger partial charge in [0.15, 0.2) is 0 Å². The van der Waals surface area contributed by atoms with Gasteiger partial charge in [0.25, 0.3) is 0 Å². The van der Waals surface area contributed by atoms with Crippen molar-refractivity contribution in [3.63, 3.8) is 0 Å². The third-order valence-electron chi connectivity index (χ3n) is 10.3. The molecule has 8 nitrogen and oxygen atoms in total. The Labute approximate surface area is 300 Å². The number of phenolic OH excluding ortho intramolecular Hbond substituents is 1. The van der Waals surface area contributed by atoms with Crippen molar-refractivity contribution in [1.29, 1.82) is 0 Å². The van der Waals surface area contributed by atoms with Gasteiger partial charge in [-0.15, -0.1) is 6.58 Å². The molecule has 3 N–H and O–H groups in total. The van der Waals surface area contributed by atoms with Gasteiger partial charge in [-0.25, -0.2) is 0 Å². The number of phenols is 1. The van der Waals surface area contributed by atoms with E-state index in [1.54, 1.807) is 12.1 Å². The molecule has 3 aliphatic rings. The second-order valence-corrected chi connectivity index (χ2v) is 14.8. The first-order valence-electron chi connectivity index (χ1n) is 18.0. The number of benzene rings is 2. The fourth-order valence-electron chi connectivity index (χ4n) is 8.11. The van der Waals surface area contributed by atoms with E-state index in [0.29, 0.717) is 19.6 Å². The lowest BCUT2D eigenvalue weighted by atomic mass is 9.56. The number of pyridine rings is 1. The summed E-state index contributed by atoms with van der Waals surface area (Å²) in [6.45, 7) is 4.99. The van der Waals surface area contributed by atoms with Crippen molar-refractivity contribution < 1.29 is 29.6 Å². The number of aryl methyl sites for hydroxylation is 1. The summed E-state index contributed by atoms with van der Waals surface area (Å²) in [5, 5.41) is 35.1. The van der Waals surface area contributed by atoms with E-state index in [4.69, 9.17) is 19.5 Å². The van der Waals surface area contributed by atoms with E-state index in [2.05, 4.69) is 29.8 Å². The molecule has 3 aromatic rings. The van der Waals surface area contributed by atoms with Crippen LogP contribution in [0.5, 0.6) is 11.5 Å². The number of allylic oxidation sites excluding steroid dienone is 1. The first kappa shape index (κ1) is 36.2. The molecule has 2 heterocycles. The zero-order chi connectivity index (χ0) is 34.8. The van der Waals surface area contributed by atoms with Crippen molar-refractivity contribution in [3.8, 4) is 11.5 Å². The summed E-state index contributed by atoms with van der Waals surface area (Å²) >= 11 is 1.84. The number of aliphatic hydroxyl groups is 2. The number of aliphatic hydroxyl groups excluding tert-OH is 2. The molecule has 6 rings (SSSR count). The van der Waals surface area contributed by atoms with E-state index < -0.39 is 5.79 Å². The molecule has 6 atom stereocenters. The largest absolute Gasteiger partial charge is 0.508 e. The molecule has 50 heavy (non-hydrogen) atoms. The third kappa shape index (κ3) is 8.12. The smallest absolute Gasteiger partial charge is 0.230 e. The van der Waals surface area contributed by atoms with Crippen molar-refractivity contribution >= 4 is 17.5 Å². The zero-order valence-electron chi connectivity index (χ0n) is 28.7. The van der Waals surface area contributed by atoms with Crippen LogP contribution < -0.4 is 4.74 Å². The molecule has 2 aromatic carbocycles.